The molecule has 0 radical (unpaired) electrons. The Morgan fingerprint density at radius 1 is 1.41 bits per heavy atom. The quantitative estimate of drug-likeness (QED) is 0.905. The van der Waals surface area contributed by atoms with Gasteiger partial charge in [-0.1, -0.05) is 12.8 Å². The van der Waals surface area contributed by atoms with Crippen LogP contribution in [-0.2, 0) is 0 Å². The van der Waals surface area contributed by atoms with E-state index in [4.69, 9.17) is 0 Å². The van der Waals surface area contributed by atoms with Crippen molar-refractivity contribution in [2.45, 2.75) is 31.7 Å². The van der Waals surface area contributed by atoms with E-state index in [1.54, 1.807) is 6.20 Å². The van der Waals surface area contributed by atoms with Crippen LogP contribution in [0.3, 0.4) is 0 Å². The van der Waals surface area contributed by atoms with Gasteiger partial charge in [0, 0.05) is 29.8 Å². The Hall–Kier alpha value is -0.610. The van der Waals surface area contributed by atoms with Crippen LogP contribution in [0.2, 0.25) is 0 Å². The average Bonchev–Trinajstić information content (AvgIpc) is 2.82. The second-order valence-electron chi connectivity index (χ2n) is 4.74. The SMILES string of the molecule is CN(CCNc1cncc(Br)c1)C1CCCC1. The lowest BCUT2D eigenvalue weighted by atomic mass is 10.2. The van der Waals surface area contributed by atoms with Crippen molar-refractivity contribution < 1.29 is 0 Å². The molecule has 0 bridgehead atoms. The largest absolute Gasteiger partial charge is 0.382 e. The van der Waals surface area contributed by atoms with Gasteiger partial charge in [-0.05, 0) is 41.9 Å². The molecule has 0 spiro atoms. The molecule has 17 heavy (non-hydrogen) atoms. The predicted octanol–water partition coefficient (Wildman–Crippen LogP) is 3.13. The Kier molecular flexibility index (Phi) is 4.80. The Balaban J connectivity index is 1.71. The second-order valence-corrected chi connectivity index (χ2v) is 5.65. The summed E-state index contributed by atoms with van der Waals surface area (Å²) in [4.78, 5) is 6.61. The number of rotatable bonds is 5. The zero-order chi connectivity index (χ0) is 12.1. The van der Waals surface area contributed by atoms with Crippen LogP contribution in [0, 0.1) is 0 Å². The maximum atomic E-state index is 4.14. The summed E-state index contributed by atoms with van der Waals surface area (Å²) >= 11 is 3.42. The molecule has 1 N–H and O–H groups in total. The van der Waals surface area contributed by atoms with Crippen LogP contribution in [0.15, 0.2) is 22.9 Å². The van der Waals surface area contributed by atoms with Crippen molar-refractivity contribution in [3.05, 3.63) is 22.9 Å². The van der Waals surface area contributed by atoms with Gasteiger partial charge in [0.05, 0.1) is 11.9 Å². The molecule has 1 aliphatic rings. The number of halogens is 1. The molecule has 0 amide bonds. The van der Waals surface area contributed by atoms with Crippen molar-refractivity contribution in [1.29, 1.82) is 0 Å². The van der Waals surface area contributed by atoms with Crippen molar-refractivity contribution >= 4 is 21.6 Å². The number of hydrogen-bond donors (Lipinski definition) is 1. The highest BCUT2D eigenvalue weighted by Gasteiger charge is 2.18. The zero-order valence-corrected chi connectivity index (χ0v) is 11.9. The molecule has 1 heterocycles. The van der Waals surface area contributed by atoms with Crippen LogP contribution in [0.4, 0.5) is 5.69 Å². The van der Waals surface area contributed by atoms with Crippen LogP contribution in [0.25, 0.3) is 0 Å². The standard InChI is InChI=1S/C13H20BrN3/c1-17(13-4-2-3-5-13)7-6-16-12-8-11(14)9-15-10-12/h8-10,13,16H,2-7H2,1H3. The molecular weight excluding hydrogens is 278 g/mol. The summed E-state index contributed by atoms with van der Waals surface area (Å²) in [5.41, 5.74) is 1.08. The maximum Gasteiger partial charge on any atom is 0.0538 e. The number of aromatic nitrogens is 1. The van der Waals surface area contributed by atoms with Gasteiger partial charge in [-0.25, -0.2) is 0 Å². The van der Waals surface area contributed by atoms with Gasteiger partial charge in [-0.15, -0.1) is 0 Å². The molecule has 94 valence electrons. The van der Waals surface area contributed by atoms with Crippen molar-refractivity contribution in [1.82, 2.24) is 9.88 Å². The van der Waals surface area contributed by atoms with Crippen LogP contribution in [-0.4, -0.2) is 36.1 Å². The van der Waals surface area contributed by atoms with E-state index in [0.29, 0.717) is 0 Å². The first-order chi connectivity index (χ1) is 8.25. The molecule has 1 aromatic heterocycles. The molecule has 0 saturated heterocycles. The number of pyridine rings is 1. The Morgan fingerprint density at radius 3 is 2.88 bits per heavy atom. The van der Waals surface area contributed by atoms with Gasteiger partial charge in [0.15, 0.2) is 0 Å². The third kappa shape index (κ3) is 3.96. The fraction of sp³-hybridized carbons (Fsp3) is 0.615. The number of likely N-dealkylation sites (N-methyl/N-ethyl adjacent to an activating group) is 1. The van der Waals surface area contributed by atoms with E-state index in [1.807, 2.05) is 6.20 Å². The van der Waals surface area contributed by atoms with Gasteiger partial charge in [0.1, 0.15) is 0 Å². The number of nitrogens with zero attached hydrogens (tertiary/aromatic N) is 2. The number of anilines is 1. The molecule has 4 heteroatoms. The predicted molar refractivity (Wildman–Crippen MR) is 75.3 cm³/mol. The lowest BCUT2D eigenvalue weighted by Crippen LogP contribution is -2.33. The zero-order valence-electron chi connectivity index (χ0n) is 10.3. The molecule has 0 aromatic carbocycles. The third-order valence-electron chi connectivity index (χ3n) is 3.45. The van der Waals surface area contributed by atoms with E-state index in [1.165, 1.54) is 25.7 Å². The summed E-state index contributed by atoms with van der Waals surface area (Å²) in [6, 6.07) is 2.86. The topological polar surface area (TPSA) is 28.2 Å². The summed E-state index contributed by atoms with van der Waals surface area (Å²) in [5.74, 6) is 0. The second kappa shape index (κ2) is 6.36. The maximum absolute atomic E-state index is 4.14. The Labute approximate surface area is 112 Å². The molecule has 3 nitrogen and oxygen atoms in total. The molecule has 1 saturated carbocycles. The molecule has 0 aliphatic heterocycles. The van der Waals surface area contributed by atoms with E-state index in [0.717, 1.165) is 29.3 Å². The van der Waals surface area contributed by atoms with E-state index in [-0.39, 0.29) is 0 Å². The number of hydrogen-bond acceptors (Lipinski definition) is 3. The summed E-state index contributed by atoms with van der Waals surface area (Å²) in [6.07, 6.45) is 9.20. The van der Waals surface area contributed by atoms with Gasteiger partial charge in [-0.2, -0.15) is 0 Å². The van der Waals surface area contributed by atoms with Crippen LogP contribution in [0.5, 0.6) is 0 Å². The fourth-order valence-corrected chi connectivity index (χ4v) is 2.78. The summed E-state index contributed by atoms with van der Waals surface area (Å²) in [7, 11) is 2.23. The molecule has 0 unspecified atom stereocenters. The highest BCUT2D eigenvalue weighted by atomic mass is 79.9. The minimum atomic E-state index is 0.803. The summed E-state index contributed by atoms with van der Waals surface area (Å²) < 4.78 is 1.02. The van der Waals surface area contributed by atoms with E-state index >= 15 is 0 Å². The van der Waals surface area contributed by atoms with Crippen molar-refractivity contribution in [2.24, 2.45) is 0 Å². The van der Waals surface area contributed by atoms with Gasteiger partial charge < -0.3 is 10.2 Å². The third-order valence-corrected chi connectivity index (χ3v) is 3.88. The Morgan fingerprint density at radius 2 is 2.18 bits per heavy atom. The van der Waals surface area contributed by atoms with Gasteiger partial charge >= 0.3 is 0 Å². The smallest absolute Gasteiger partial charge is 0.0538 e. The highest BCUT2D eigenvalue weighted by Crippen LogP contribution is 2.22. The first kappa shape index (κ1) is 12.8. The molecule has 1 aromatic rings. The minimum absolute atomic E-state index is 0.803. The molecule has 1 aliphatic carbocycles. The Bertz CT molecular complexity index is 350. The van der Waals surface area contributed by atoms with E-state index in [9.17, 15) is 0 Å². The van der Waals surface area contributed by atoms with Crippen LogP contribution >= 0.6 is 15.9 Å². The molecular formula is C13H20BrN3. The monoisotopic (exact) mass is 297 g/mol. The lowest BCUT2D eigenvalue weighted by molar-refractivity contribution is 0.254. The highest BCUT2D eigenvalue weighted by molar-refractivity contribution is 9.10. The van der Waals surface area contributed by atoms with E-state index in [2.05, 4.69) is 44.2 Å². The average molecular weight is 298 g/mol. The van der Waals surface area contributed by atoms with Crippen LogP contribution < -0.4 is 5.32 Å². The van der Waals surface area contributed by atoms with Gasteiger partial charge in [0.2, 0.25) is 0 Å². The van der Waals surface area contributed by atoms with Crippen molar-refractivity contribution in [3.8, 4) is 0 Å². The summed E-state index contributed by atoms with van der Waals surface area (Å²) in [6.45, 7) is 2.07. The normalized spacial score (nSPS) is 16.6. The molecule has 1 fully saturated rings. The fourth-order valence-electron chi connectivity index (χ4n) is 2.41. The molecule has 2 rings (SSSR count). The van der Waals surface area contributed by atoms with Crippen molar-refractivity contribution in [2.75, 3.05) is 25.5 Å². The van der Waals surface area contributed by atoms with Crippen molar-refractivity contribution in [3.63, 3.8) is 0 Å². The first-order valence-electron chi connectivity index (χ1n) is 6.30. The van der Waals surface area contributed by atoms with Gasteiger partial charge in [0.25, 0.3) is 0 Å². The van der Waals surface area contributed by atoms with Gasteiger partial charge in [-0.3, -0.25) is 4.98 Å². The number of nitrogens with one attached hydrogen (secondary N) is 1. The molecule has 0 atom stereocenters. The minimum Gasteiger partial charge on any atom is -0.382 e. The van der Waals surface area contributed by atoms with E-state index < -0.39 is 0 Å². The first-order valence-corrected chi connectivity index (χ1v) is 7.09. The summed E-state index contributed by atoms with van der Waals surface area (Å²) in [5, 5.41) is 3.41. The van der Waals surface area contributed by atoms with Crippen LogP contribution in [0.1, 0.15) is 25.7 Å². The lowest BCUT2D eigenvalue weighted by Gasteiger charge is -2.24.